The van der Waals surface area contributed by atoms with Gasteiger partial charge in [0, 0.05) is 36.0 Å². The lowest BCUT2D eigenvalue weighted by Crippen LogP contribution is -2.71. The number of allylic oxidation sites excluding steroid dienone is 4. The fourth-order valence-electron chi connectivity index (χ4n) is 8.36. The van der Waals surface area contributed by atoms with Crippen molar-refractivity contribution in [3.63, 3.8) is 0 Å². The van der Waals surface area contributed by atoms with Gasteiger partial charge in [-0.3, -0.25) is 24.0 Å². The molecule has 3 saturated carbocycles. The Hall–Kier alpha value is -2.56. The number of esters is 3. The Balaban J connectivity index is 1.85. The highest BCUT2D eigenvalue weighted by atomic mass is 32.2. The smallest absolute Gasteiger partial charge is 0.316 e. The zero-order valence-electron chi connectivity index (χ0n) is 26.1. The quantitative estimate of drug-likeness (QED) is 0.283. The van der Waals surface area contributed by atoms with Gasteiger partial charge in [0.25, 0.3) is 0 Å². The maximum atomic E-state index is 18.1. The topological polar surface area (TPSA) is 113 Å². The molecule has 11 heteroatoms. The Morgan fingerprint density at radius 2 is 1.74 bits per heavy atom. The molecule has 0 aromatic heterocycles. The van der Waals surface area contributed by atoms with E-state index in [1.807, 2.05) is 0 Å². The van der Waals surface area contributed by atoms with Crippen molar-refractivity contribution in [2.24, 2.45) is 28.6 Å². The highest BCUT2D eigenvalue weighted by Gasteiger charge is 2.79. The number of halogens is 2. The van der Waals surface area contributed by atoms with E-state index in [0.717, 1.165) is 13.0 Å². The minimum absolute atomic E-state index is 0.00165. The van der Waals surface area contributed by atoms with Crippen LogP contribution in [-0.4, -0.2) is 63.7 Å². The zero-order chi connectivity index (χ0) is 32.3. The van der Waals surface area contributed by atoms with Crippen molar-refractivity contribution in [1.82, 2.24) is 0 Å². The predicted molar refractivity (Wildman–Crippen MR) is 155 cm³/mol. The lowest BCUT2D eigenvalue weighted by atomic mass is 9.44. The minimum Gasteiger partial charge on any atom is -0.459 e. The van der Waals surface area contributed by atoms with Gasteiger partial charge in [-0.1, -0.05) is 38.6 Å². The minimum atomic E-state index is -2.33. The summed E-state index contributed by atoms with van der Waals surface area (Å²) in [5.41, 5.74) is -7.82. The number of alkyl halides is 2. The molecule has 0 aliphatic heterocycles. The Morgan fingerprint density at radius 3 is 2.33 bits per heavy atom. The number of hydrogen-bond donors (Lipinski definition) is 0. The number of ether oxygens (including phenoxy) is 3. The lowest BCUT2D eigenvalue weighted by molar-refractivity contribution is -0.236. The van der Waals surface area contributed by atoms with Gasteiger partial charge in [-0.25, -0.2) is 8.78 Å². The Bertz CT molecular complexity index is 1290. The van der Waals surface area contributed by atoms with Crippen LogP contribution in [0.5, 0.6) is 0 Å². The SMILES string of the molecule is CCC(=O)O[C@]1(C(=O)SCC(=O)OC(C)(C)C)[C@H](C)CC2C3C[C@H](F)C4=CC(=O)C=C[C@]4(C)[C@@]3(F)[C@@H](OC(C)=O)C[C@@]21C. The molecule has 0 saturated heterocycles. The lowest BCUT2D eigenvalue weighted by Gasteiger charge is -2.63. The first-order valence-corrected chi connectivity index (χ1v) is 15.8. The number of ketones is 1. The summed E-state index contributed by atoms with van der Waals surface area (Å²) in [6.07, 6.45) is 0.264. The van der Waals surface area contributed by atoms with Crippen molar-refractivity contribution in [3.05, 3.63) is 23.8 Å². The van der Waals surface area contributed by atoms with Gasteiger partial charge < -0.3 is 14.2 Å². The molecule has 4 aliphatic carbocycles. The second-order valence-corrected chi connectivity index (χ2v) is 14.8. The van der Waals surface area contributed by atoms with Crippen LogP contribution in [0, 0.1) is 28.6 Å². The molecule has 4 aliphatic rings. The van der Waals surface area contributed by atoms with Crippen LogP contribution < -0.4 is 0 Å². The molecule has 0 N–H and O–H groups in total. The van der Waals surface area contributed by atoms with Gasteiger partial charge in [0.15, 0.2) is 17.1 Å². The van der Waals surface area contributed by atoms with Crippen LogP contribution >= 0.6 is 11.8 Å². The fourth-order valence-corrected chi connectivity index (χ4v) is 9.36. The van der Waals surface area contributed by atoms with Gasteiger partial charge in [-0.05, 0) is 70.6 Å². The Morgan fingerprint density at radius 1 is 1.09 bits per heavy atom. The van der Waals surface area contributed by atoms with Gasteiger partial charge in [0.2, 0.25) is 5.12 Å². The highest BCUT2D eigenvalue weighted by Crippen LogP contribution is 2.72. The summed E-state index contributed by atoms with van der Waals surface area (Å²) in [6.45, 7) is 12.8. The summed E-state index contributed by atoms with van der Waals surface area (Å²) in [4.78, 5) is 64.4. The van der Waals surface area contributed by atoms with Gasteiger partial charge in [-0.15, -0.1) is 0 Å². The van der Waals surface area contributed by atoms with E-state index in [9.17, 15) is 24.0 Å². The van der Waals surface area contributed by atoms with Gasteiger partial charge >= 0.3 is 17.9 Å². The first kappa shape index (κ1) is 33.3. The van der Waals surface area contributed by atoms with Crippen LogP contribution in [0.25, 0.3) is 0 Å². The zero-order valence-corrected chi connectivity index (χ0v) is 26.9. The van der Waals surface area contributed by atoms with Gasteiger partial charge in [-0.2, -0.15) is 0 Å². The molecule has 2 unspecified atom stereocenters. The van der Waals surface area contributed by atoms with Crippen molar-refractivity contribution in [3.8, 4) is 0 Å². The third-order valence-electron chi connectivity index (χ3n) is 10.1. The molecule has 0 heterocycles. The summed E-state index contributed by atoms with van der Waals surface area (Å²) in [5.74, 6) is -5.19. The number of carbonyl (C=O) groups excluding carboxylic acids is 5. The molecule has 0 aromatic carbocycles. The van der Waals surface area contributed by atoms with Crippen molar-refractivity contribution < 1.29 is 47.0 Å². The molecular formula is C32H42F2O8S. The third kappa shape index (κ3) is 5.17. The first-order valence-electron chi connectivity index (χ1n) is 14.8. The van der Waals surface area contributed by atoms with Crippen molar-refractivity contribution in [2.75, 3.05) is 5.75 Å². The second-order valence-electron chi connectivity index (χ2n) is 13.8. The van der Waals surface area contributed by atoms with E-state index < -0.39 is 86.5 Å². The van der Waals surface area contributed by atoms with E-state index in [-0.39, 0.29) is 37.0 Å². The van der Waals surface area contributed by atoms with Crippen LogP contribution in [0.4, 0.5) is 8.78 Å². The largest absolute Gasteiger partial charge is 0.459 e. The summed E-state index contributed by atoms with van der Waals surface area (Å²) in [5, 5.41) is -0.590. The van der Waals surface area contributed by atoms with E-state index in [2.05, 4.69) is 0 Å². The maximum absolute atomic E-state index is 18.1. The molecule has 4 rings (SSSR count). The van der Waals surface area contributed by atoms with E-state index in [4.69, 9.17) is 14.2 Å². The maximum Gasteiger partial charge on any atom is 0.316 e. The standard InChI is InChI=1S/C32H42F2O8S/c1-9-25(37)42-32(27(39)43-16-26(38)41-28(4,5)6)17(2)12-20-21-14-23(33)22-13-19(36)10-11-29(22,7)31(21,34)24(40-18(3)35)15-30(20,32)8/h10-11,13,17,20-21,23-24H,9,12,14-16H2,1-8H3/t17-,20?,21?,23+,24+,29+,30+,31+,32+/m1/s1. The van der Waals surface area contributed by atoms with Crippen molar-refractivity contribution >= 4 is 40.6 Å². The van der Waals surface area contributed by atoms with E-state index in [0.29, 0.717) is 11.8 Å². The molecule has 43 heavy (non-hydrogen) atoms. The third-order valence-corrected chi connectivity index (χ3v) is 11.0. The average Bonchev–Trinajstić information content (AvgIpc) is 3.10. The van der Waals surface area contributed by atoms with Crippen molar-refractivity contribution in [2.45, 2.75) is 110 Å². The molecule has 0 amide bonds. The summed E-state index contributed by atoms with van der Waals surface area (Å²) >= 11 is 0.670. The summed E-state index contributed by atoms with van der Waals surface area (Å²) in [6, 6.07) is 0. The van der Waals surface area contributed by atoms with E-state index >= 15 is 8.78 Å². The van der Waals surface area contributed by atoms with Crippen molar-refractivity contribution in [1.29, 1.82) is 0 Å². The predicted octanol–water partition coefficient (Wildman–Crippen LogP) is 5.42. The molecule has 238 valence electrons. The fraction of sp³-hybridized carbons (Fsp3) is 0.719. The Labute approximate surface area is 255 Å². The normalized spacial score (nSPS) is 40.0. The number of thioether (sulfide) groups is 1. The Kier molecular flexibility index (Phi) is 8.61. The van der Waals surface area contributed by atoms with Crippen LogP contribution in [0.3, 0.4) is 0 Å². The average molecular weight is 625 g/mol. The molecule has 0 bridgehead atoms. The highest BCUT2D eigenvalue weighted by molar-refractivity contribution is 8.14. The van der Waals surface area contributed by atoms with Crippen LogP contribution in [0.2, 0.25) is 0 Å². The molecule has 0 radical (unpaired) electrons. The van der Waals surface area contributed by atoms with Crippen LogP contribution in [-0.2, 0) is 38.2 Å². The first-order chi connectivity index (χ1) is 19.8. The monoisotopic (exact) mass is 624 g/mol. The molecule has 0 spiro atoms. The molecule has 8 nitrogen and oxygen atoms in total. The molecule has 9 atom stereocenters. The van der Waals surface area contributed by atoms with E-state index in [1.54, 1.807) is 41.5 Å². The van der Waals surface area contributed by atoms with Gasteiger partial charge in [0.1, 0.15) is 17.9 Å². The summed E-state index contributed by atoms with van der Waals surface area (Å²) < 4.78 is 51.2. The molecule has 3 fully saturated rings. The second kappa shape index (κ2) is 11.1. The van der Waals surface area contributed by atoms with Crippen LogP contribution in [0.15, 0.2) is 23.8 Å². The molecular weight excluding hydrogens is 582 g/mol. The number of rotatable bonds is 6. The van der Waals surface area contributed by atoms with E-state index in [1.165, 1.54) is 19.1 Å². The molecule has 0 aromatic rings. The number of fused-ring (bicyclic) bond motifs is 5. The van der Waals surface area contributed by atoms with Gasteiger partial charge in [0.05, 0.1) is 5.75 Å². The number of hydrogen-bond acceptors (Lipinski definition) is 9. The summed E-state index contributed by atoms with van der Waals surface area (Å²) in [7, 11) is 0. The number of carbonyl (C=O) groups is 5. The van der Waals surface area contributed by atoms with Crippen LogP contribution in [0.1, 0.15) is 81.1 Å².